The predicted octanol–water partition coefficient (Wildman–Crippen LogP) is 1.16. The zero-order valence-corrected chi connectivity index (χ0v) is 11.4. The van der Waals surface area contributed by atoms with Crippen molar-refractivity contribution in [2.45, 2.75) is 26.4 Å². The van der Waals surface area contributed by atoms with E-state index in [1.807, 2.05) is 6.07 Å². The molecule has 5 nitrogen and oxygen atoms in total. The number of piperazine rings is 1. The molecule has 0 aromatic carbocycles. The third-order valence-electron chi connectivity index (χ3n) is 3.03. The van der Waals surface area contributed by atoms with Crippen LogP contribution in [0.1, 0.15) is 31.3 Å². The van der Waals surface area contributed by atoms with Crippen LogP contribution in [0.2, 0.25) is 0 Å². The van der Waals surface area contributed by atoms with Crippen molar-refractivity contribution in [3.05, 3.63) is 17.6 Å². The van der Waals surface area contributed by atoms with Crippen LogP contribution in [-0.2, 0) is 11.3 Å². The smallest absolute Gasteiger partial charge is 0.133 e. The Hall–Kier alpha value is -1.20. The van der Waals surface area contributed by atoms with Gasteiger partial charge in [-0.1, -0.05) is 13.8 Å². The molecule has 1 aliphatic rings. The van der Waals surface area contributed by atoms with Gasteiger partial charge in [-0.15, -0.1) is 0 Å². The zero-order chi connectivity index (χ0) is 13.0. The third kappa shape index (κ3) is 3.17. The standard InChI is InChI=1S/C13H22N4O/c1-10(2)13-15-11(9-18-3)8-12(16-13)17-6-4-14-5-7-17/h8,10,14H,4-7,9H2,1-3H3. The quantitative estimate of drug-likeness (QED) is 0.869. The Morgan fingerprint density at radius 2 is 2.06 bits per heavy atom. The first-order chi connectivity index (χ1) is 8.70. The van der Waals surface area contributed by atoms with Crippen LogP contribution in [0.25, 0.3) is 0 Å². The summed E-state index contributed by atoms with van der Waals surface area (Å²) < 4.78 is 5.18. The molecule has 0 amide bonds. The Kier molecular flexibility index (Phi) is 4.49. The van der Waals surface area contributed by atoms with E-state index in [0.29, 0.717) is 12.5 Å². The second-order valence-corrected chi connectivity index (χ2v) is 4.90. The third-order valence-corrected chi connectivity index (χ3v) is 3.03. The first-order valence-electron chi connectivity index (χ1n) is 6.53. The molecule has 1 aliphatic heterocycles. The van der Waals surface area contributed by atoms with Crippen molar-refractivity contribution >= 4 is 5.82 Å². The molecule has 0 unspecified atom stereocenters. The van der Waals surface area contributed by atoms with Crippen LogP contribution in [-0.4, -0.2) is 43.3 Å². The average molecular weight is 250 g/mol. The predicted molar refractivity (Wildman–Crippen MR) is 71.9 cm³/mol. The van der Waals surface area contributed by atoms with E-state index in [4.69, 9.17) is 4.74 Å². The highest BCUT2D eigenvalue weighted by molar-refractivity contribution is 5.40. The van der Waals surface area contributed by atoms with Crippen molar-refractivity contribution < 1.29 is 4.74 Å². The summed E-state index contributed by atoms with van der Waals surface area (Å²) in [5.74, 6) is 2.27. The molecule has 1 aromatic heterocycles. The normalized spacial score (nSPS) is 16.3. The number of aromatic nitrogens is 2. The SMILES string of the molecule is COCc1cc(N2CCNCC2)nc(C(C)C)n1. The second kappa shape index (κ2) is 6.11. The fourth-order valence-corrected chi connectivity index (χ4v) is 2.04. The van der Waals surface area contributed by atoms with E-state index in [1.54, 1.807) is 7.11 Å². The molecule has 100 valence electrons. The van der Waals surface area contributed by atoms with Gasteiger partial charge < -0.3 is 15.0 Å². The van der Waals surface area contributed by atoms with E-state index < -0.39 is 0 Å². The monoisotopic (exact) mass is 250 g/mol. The summed E-state index contributed by atoms with van der Waals surface area (Å²) in [6.45, 7) is 8.81. The molecular formula is C13H22N4O. The molecule has 1 N–H and O–H groups in total. The molecule has 0 spiro atoms. The molecule has 0 saturated carbocycles. The maximum atomic E-state index is 5.18. The molecule has 2 rings (SSSR count). The van der Waals surface area contributed by atoms with E-state index in [0.717, 1.165) is 43.5 Å². The number of hydrogen-bond acceptors (Lipinski definition) is 5. The van der Waals surface area contributed by atoms with Gasteiger partial charge >= 0.3 is 0 Å². The van der Waals surface area contributed by atoms with Crippen LogP contribution in [0.5, 0.6) is 0 Å². The minimum Gasteiger partial charge on any atom is -0.378 e. The van der Waals surface area contributed by atoms with Crippen LogP contribution < -0.4 is 10.2 Å². The van der Waals surface area contributed by atoms with Crippen molar-refractivity contribution in [3.8, 4) is 0 Å². The number of nitrogens with one attached hydrogen (secondary N) is 1. The van der Waals surface area contributed by atoms with E-state index in [2.05, 4.69) is 34.0 Å². The number of anilines is 1. The molecule has 1 aromatic rings. The van der Waals surface area contributed by atoms with Gasteiger partial charge in [0.25, 0.3) is 0 Å². The van der Waals surface area contributed by atoms with E-state index in [9.17, 15) is 0 Å². The molecule has 5 heteroatoms. The van der Waals surface area contributed by atoms with Gasteiger partial charge in [-0.3, -0.25) is 0 Å². The van der Waals surface area contributed by atoms with Crippen molar-refractivity contribution in [1.29, 1.82) is 0 Å². The summed E-state index contributed by atoms with van der Waals surface area (Å²) in [6.07, 6.45) is 0. The van der Waals surface area contributed by atoms with Crippen molar-refractivity contribution in [3.63, 3.8) is 0 Å². The van der Waals surface area contributed by atoms with Crippen molar-refractivity contribution in [1.82, 2.24) is 15.3 Å². The van der Waals surface area contributed by atoms with E-state index in [1.165, 1.54) is 0 Å². The average Bonchev–Trinajstić information content (AvgIpc) is 2.40. The van der Waals surface area contributed by atoms with Crippen LogP contribution in [0.15, 0.2) is 6.07 Å². The summed E-state index contributed by atoms with van der Waals surface area (Å²) in [5.41, 5.74) is 0.963. The largest absolute Gasteiger partial charge is 0.378 e. The lowest BCUT2D eigenvalue weighted by atomic mass is 10.2. The summed E-state index contributed by atoms with van der Waals surface area (Å²) in [5, 5.41) is 3.35. The molecular weight excluding hydrogens is 228 g/mol. The number of rotatable bonds is 4. The fraction of sp³-hybridized carbons (Fsp3) is 0.692. The fourth-order valence-electron chi connectivity index (χ4n) is 2.04. The maximum Gasteiger partial charge on any atom is 0.133 e. The Balaban J connectivity index is 2.26. The van der Waals surface area contributed by atoms with Crippen LogP contribution in [0.3, 0.4) is 0 Å². The van der Waals surface area contributed by atoms with Crippen LogP contribution >= 0.6 is 0 Å². The van der Waals surface area contributed by atoms with E-state index in [-0.39, 0.29) is 0 Å². The van der Waals surface area contributed by atoms with Crippen molar-refractivity contribution in [2.75, 3.05) is 38.2 Å². The summed E-state index contributed by atoms with van der Waals surface area (Å²) in [6, 6.07) is 2.04. The molecule has 18 heavy (non-hydrogen) atoms. The Morgan fingerprint density at radius 3 is 2.67 bits per heavy atom. The van der Waals surface area contributed by atoms with Gasteiger partial charge in [-0.25, -0.2) is 9.97 Å². The molecule has 0 atom stereocenters. The summed E-state index contributed by atoms with van der Waals surface area (Å²) in [4.78, 5) is 11.5. The zero-order valence-electron chi connectivity index (χ0n) is 11.4. The second-order valence-electron chi connectivity index (χ2n) is 4.90. The van der Waals surface area contributed by atoms with Gasteiger partial charge in [0.2, 0.25) is 0 Å². The van der Waals surface area contributed by atoms with Gasteiger partial charge in [0, 0.05) is 45.3 Å². The van der Waals surface area contributed by atoms with Crippen molar-refractivity contribution in [2.24, 2.45) is 0 Å². The summed E-state index contributed by atoms with van der Waals surface area (Å²) >= 11 is 0. The Morgan fingerprint density at radius 1 is 1.33 bits per heavy atom. The van der Waals surface area contributed by atoms with Gasteiger partial charge in [0.1, 0.15) is 11.6 Å². The Bertz CT molecular complexity index is 389. The van der Waals surface area contributed by atoms with Crippen LogP contribution in [0, 0.1) is 0 Å². The molecule has 0 radical (unpaired) electrons. The van der Waals surface area contributed by atoms with Gasteiger partial charge in [-0.05, 0) is 0 Å². The van der Waals surface area contributed by atoms with Gasteiger partial charge in [-0.2, -0.15) is 0 Å². The Labute approximate surface area is 109 Å². The lowest BCUT2D eigenvalue weighted by molar-refractivity contribution is 0.181. The number of nitrogens with zero attached hydrogens (tertiary/aromatic N) is 3. The molecule has 1 fully saturated rings. The topological polar surface area (TPSA) is 50.3 Å². The number of methoxy groups -OCH3 is 1. The van der Waals surface area contributed by atoms with E-state index >= 15 is 0 Å². The highest BCUT2D eigenvalue weighted by atomic mass is 16.5. The van der Waals surface area contributed by atoms with Gasteiger partial charge in [0.05, 0.1) is 12.3 Å². The minimum absolute atomic E-state index is 0.337. The molecule has 0 aliphatic carbocycles. The minimum atomic E-state index is 0.337. The highest BCUT2D eigenvalue weighted by Gasteiger charge is 2.15. The summed E-state index contributed by atoms with van der Waals surface area (Å²) in [7, 11) is 1.70. The van der Waals surface area contributed by atoms with Gasteiger partial charge in [0.15, 0.2) is 0 Å². The number of ether oxygens (including phenoxy) is 1. The first-order valence-corrected chi connectivity index (χ1v) is 6.53. The highest BCUT2D eigenvalue weighted by Crippen LogP contribution is 2.18. The lowest BCUT2D eigenvalue weighted by Gasteiger charge is -2.29. The maximum absolute atomic E-state index is 5.18. The molecule has 1 saturated heterocycles. The lowest BCUT2D eigenvalue weighted by Crippen LogP contribution is -2.44. The first kappa shape index (κ1) is 13.2. The molecule has 2 heterocycles. The van der Waals surface area contributed by atoms with Crippen LogP contribution in [0.4, 0.5) is 5.82 Å². The molecule has 0 bridgehead atoms. The number of hydrogen-bond donors (Lipinski definition) is 1.